The van der Waals surface area contributed by atoms with Gasteiger partial charge in [0, 0.05) is 18.3 Å². The highest BCUT2D eigenvalue weighted by atomic mass is 16.2. The average molecular weight is 258 g/mol. The molecule has 0 aromatic heterocycles. The third-order valence-electron chi connectivity index (χ3n) is 4.50. The van der Waals surface area contributed by atoms with Crippen LogP contribution in [0.3, 0.4) is 0 Å². The predicted octanol–water partition coefficient (Wildman–Crippen LogP) is 2.34. The Morgan fingerprint density at radius 3 is 2.84 bits per heavy atom. The first-order valence-electron chi connectivity index (χ1n) is 7.31. The number of benzene rings is 1. The Morgan fingerprint density at radius 2 is 2.11 bits per heavy atom. The van der Waals surface area contributed by atoms with Crippen LogP contribution in [0, 0.1) is 11.8 Å². The van der Waals surface area contributed by atoms with E-state index in [2.05, 4.69) is 25.1 Å². The highest BCUT2D eigenvalue weighted by Crippen LogP contribution is 2.33. The number of anilines is 1. The van der Waals surface area contributed by atoms with Crippen LogP contribution in [0.1, 0.15) is 31.7 Å². The smallest absolute Gasteiger partial charge is 0.231 e. The van der Waals surface area contributed by atoms with E-state index in [9.17, 15) is 4.79 Å². The van der Waals surface area contributed by atoms with Crippen molar-refractivity contribution in [2.24, 2.45) is 17.6 Å². The van der Waals surface area contributed by atoms with Crippen molar-refractivity contribution in [1.82, 2.24) is 0 Å². The third-order valence-corrected chi connectivity index (χ3v) is 4.50. The van der Waals surface area contributed by atoms with Crippen LogP contribution < -0.4 is 10.6 Å². The van der Waals surface area contributed by atoms with Gasteiger partial charge < -0.3 is 10.6 Å². The van der Waals surface area contributed by atoms with Gasteiger partial charge in [-0.15, -0.1) is 0 Å². The minimum Gasteiger partial charge on any atom is -0.327 e. The summed E-state index contributed by atoms with van der Waals surface area (Å²) in [6, 6.07) is 8.33. The molecule has 0 radical (unpaired) electrons. The Balaban J connectivity index is 1.90. The summed E-state index contributed by atoms with van der Waals surface area (Å²) < 4.78 is 0. The normalized spacial score (nSPS) is 30.2. The number of para-hydroxylation sites is 1. The lowest BCUT2D eigenvalue weighted by Crippen LogP contribution is -2.46. The zero-order valence-corrected chi connectivity index (χ0v) is 11.5. The number of nitrogens with two attached hydrogens (primary N) is 1. The van der Waals surface area contributed by atoms with E-state index in [1.807, 2.05) is 11.0 Å². The van der Waals surface area contributed by atoms with Gasteiger partial charge in [0.1, 0.15) is 0 Å². The first-order valence-corrected chi connectivity index (χ1v) is 7.31. The average Bonchev–Trinajstić information content (AvgIpc) is 2.83. The molecule has 1 amide bonds. The van der Waals surface area contributed by atoms with Gasteiger partial charge in [0.25, 0.3) is 0 Å². The van der Waals surface area contributed by atoms with Crippen LogP contribution in [0.4, 0.5) is 5.69 Å². The molecular weight excluding hydrogens is 236 g/mol. The Labute approximate surface area is 114 Å². The largest absolute Gasteiger partial charge is 0.327 e. The molecule has 102 valence electrons. The zero-order valence-electron chi connectivity index (χ0n) is 11.5. The second kappa shape index (κ2) is 4.97. The summed E-state index contributed by atoms with van der Waals surface area (Å²) in [6.45, 7) is 3.05. The summed E-state index contributed by atoms with van der Waals surface area (Å²) in [7, 11) is 0. The highest BCUT2D eigenvalue weighted by molar-refractivity contribution is 5.96. The molecule has 0 saturated heterocycles. The molecule has 0 spiro atoms. The molecule has 19 heavy (non-hydrogen) atoms. The molecule has 1 heterocycles. The van der Waals surface area contributed by atoms with Crippen LogP contribution in [-0.2, 0) is 11.2 Å². The van der Waals surface area contributed by atoms with Crippen LogP contribution in [0.2, 0.25) is 0 Å². The van der Waals surface area contributed by atoms with E-state index in [4.69, 9.17) is 5.73 Å². The minimum absolute atomic E-state index is 0.0263. The van der Waals surface area contributed by atoms with Gasteiger partial charge in [-0.3, -0.25) is 4.79 Å². The summed E-state index contributed by atoms with van der Waals surface area (Å²) in [5.41, 5.74) is 8.49. The molecule has 3 unspecified atom stereocenters. The molecule has 1 fully saturated rings. The van der Waals surface area contributed by atoms with Gasteiger partial charge in [-0.05, 0) is 36.8 Å². The fourth-order valence-electron chi connectivity index (χ4n) is 3.50. The van der Waals surface area contributed by atoms with Crippen LogP contribution in [-0.4, -0.2) is 18.5 Å². The van der Waals surface area contributed by atoms with E-state index in [0.717, 1.165) is 37.9 Å². The lowest BCUT2D eigenvalue weighted by atomic mass is 9.92. The van der Waals surface area contributed by atoms with Crippen LogP contribution in [0.25, 0.3) is 0 Å². The van der Waals surface area contributed by atoms with Crippen molar-refractivity contribution in [2.45, 2.75) is 38.6 Å². The van der Waals surface area contributed by atoms with E-state index in [0.29, 0.717) is 5.92 Å². The van der Waals surface area contributed by atoms with Crippen molar-refractivity contribution in [1.29, 1.82) is 0 Å². The third kappa shape index (κ3) is 2.27. The van der Waals surface area contributed by atoms with Crippen molar-refractivity contribution >= 4 is 11.6 Å². The highest BCUT2D eigenvalue weighted by Gasteiger charge is 2.36. The van der Waals surface area contributed by atoms with Gasteiger partial charge in [0.05, 0.1) is 5.92 Å². The summed E-state index contributed by atoms with van der Waals surface area (Å²) in [6.07, 6.45) is 4.09. The maximum Gasteiger partial charge on any atom is 0.231 e. The number of nitrogens with zero attached hydrogens (tertiary/aromatic N) is 1. The SMILES string of the molecule is CC1Cc2ccccc2N(C(=O)C2CCCC2N)C1. The molecule has 1 saturated carbocycles. The standard InChI is InChI=1S/C16H22N2O/c1-11-9-12-5-2-3-8-15(12)18(10-11)16(19)13-6-4-7-14(13)17/h2-3,5,8,11,13-14H,4,6-7,9-10,17H2,1H3. The van der Waals surface area contributed by atoms with Gasteiger partial charge in [0.2, 0.25) is 5.91 Å². The zero-order chi connectivity index (χ0) is 13.4. The molecule has 1 aromatic carbocycles. The minimum atomic E-state index is 0.0263. The van der Waals surface area contributed by atoms with Crippen molar-refractivity contribution in [3.63, 3.8) is 0 Å². The molecule has 1 aliphatic heterocycles. The molecular formula is C16H22N2O. The molecule has 3 nitrogen and oxygen atoms in total. The van der Waals surface area contributed by atoms with Crippen molar-refractivity contribution in [3.05, 3.63) is 29.8 Å². The summed E-state index contributed by atoms with van der Waals surface area (Å²) in [5, 5.41) is 0. The van der Waals surface area contributed by atoms with Crippen LogP contribution >= 0.6 is 0 Å². The molecule has 3 atom stereocenters. The lowest BCUT2D eigenvalue weighted by molar-refractivity contribution is -0.122. The first-order chi connectivity index (χ1) is 9.16. The molecule has 2 N–H and O–H groups in total. The summed E-state index contributed by atoms with van der Waals surface area (Å²) in [5.74, 6) is 0.791. The van der Waals surface area contributed by atoms with Gasteiger partial charge in [-0.1, -0.05) is 31.5 Å². The molecule has 0 bridgehead atoms. The maximum atomic E-state index is 12.8. The van der Waals surface area contributed by atoms with E-state index in [1.54, 1.807) is 0 Å². The molecule has 2 aliphatic rings. The van der Waals surface area contributed by atoms with Gasteiger partial charge in [-0.2, -0.15) is 0 Å². The molecule has 3 rings (SSSR count). The van der Waals surface area contributed by atoms with Crippen molar-refractivity contribution in [3.8, 4) is 0 Å². The molecule has 3 heteroatoms. The number of fused-ring (bicyclic) bond motifs is 1. The van der Waals surface area contributed by atoms with E-state index in [1.165, 1.54) is 5.56 Å². The van der Waals surface area contributed by atoms with Crippen molar-refractivity contribution in [2.75, 3.05) is 11.4 Å². The van der Waals surface area contributed by atoms with Crippen molar-refractivity contribution < 1.29 is 4.79 Å². The lowest BCUT2D eigenvalue weighted by Gasteiger charge is -2.35. The van der Waals surface area contributed by atoms with E-state index in [-0.39, 0.29) is 17.9 Å². The number of carbonyl (C=O) groups excluding carboxylic acids is 1. The predicted molar refractivity (Wildman–Crippen MR) is 77.0 cm³/mol. The molecule has 1 aliphatic carbocycles. The Bertz CT molecular complexity index is 485. The number of carbonyl (C=O) groups is 1. The second-order valence-corrected chi connectivity index (χ2v) is 6.09. The second-order valence-electron chi connectivity index (χ2n) is 6.09. The van der Waals surface area contributed by atoms with E-state index < -0.39 is 0 Å². The fourth-order valence-corrected chi connectivity index (χ4v) is 3.50. The number of hydrogen-bond acceptors (Lipinski definition) is 2. The summed E-state index contributed by atoms with van der Waals surface area (Å²) in [4.78, 5) is 14.8. The topological polar surface area (TPSA) is 46.3 Å². The molecule has 1 aromatic rings. The number of rotatable bonds is 1. The summed E-state index contributed by atoms with van der Waals surface area (Å²) >= 11 is 0. The Hall–Kier alpha value is -1.35. The Morgan fingerprint density at radius 1 is 1.32 bits per heavy atom. The van der Waals surface area contributed by atoms with Gasteiger partial charge in [0.15, 0.2) is 0 Å². The van der Waals surface area contributed by atoms with Gasteiger partial charge in [-0.25, -0.2) is 0 Å². The Kier molecular flexibility index (Phi) is 3.31. The fraction of sp³-hybridized carbons (Fsp3) is 0.562. The number of hydrogen-bond donors (Lipinski definition) is 1. The maximum absolute atomic E-state index is 12.8. The quantitative estimate of drug-likeness (QED) is 0.840. The first kappa shape index (κ1) is 12.7. The van der Waals surface area contributed by atoms with Crippen LogP contribution in [0.15, 0.2) is 24.3 Å². The number of amides is 1. The van der Waals surface area contributed by atoms with Gasteiger partial charge >= 0.3 is 0 Å². The van der Waals surface area contributed by atoms with E-state index >= 15 is 0 Å². The monoisotopic (exact) mass is 258 g/mol. The van der Waals surface area contributed by atoms with Crippen LogP contribution in [0.5, 0.6) is 0 Å².